The van der Waals surface area contributed by atoms with Crippen LogP contribution in [0.4, 0.5) is 0 Å². The summed E-state index contributed by atoms with van der Waals surface area (Å²) in [5.74, 6) is 0. The molecule has 0 unspecified atom stereocenters. The van der Waals surface area contributed by atoms with Gasteiger partial charge in [0.05, 0.1) is 6.26 Å². The molecule has 0 radical (unpaired) electrons. The first-order chi connectivity index (χ1) is 5.88. The van der Waals surface area contributed by atoms with Crippen molar-refractivity contribution in [2.75, 3.05) is 0 Å². The normalized spacial score (nSPS) is 10.1. The van der Waals surface area contributed by atoms with E-state index in [1.54, 1.807) is 18.7 Å². The van der Waals surface area contributed by atoms with E-state index in [0.29, 0.717) is 4.67 Å². The second kappa shape index (κ2) is 3.06. The highest BCUT2D eigenvalue weighted by atomic mass is 79.9. The van der Waals surface area contributed by atoms with Crippen molar-refractivity contribution < 1.29 is 4.42 Å². The minimum absolute atomic E-state index is 0.706. The summed E-state index contributed by atoms with van der Waals surface area (Å²) in [5, 5.41) is 0. The number of furan rings is 1. The van der Waals surface area contributed by atoms with Gasteiger partial charge in [0.25, 0.3) is 0 Å². The molecule has 0 saturated carbocycles. The van der Waals surface area contributed by atoms with Crippen molar-refractivity contribution in [3.05, 3.63) is 35.7 Å². The summed E-state index contributed by atoms with van der Waals surface area (Å²) < 4.78 is 5.79. The van der Waals surface area contributed by atoms with E-state index in [1.807, 2.05) is 6.07 Å². The minimum Gasteiger partial charge on any atom is -0.457 e. The van der Waals surface area contributed by atoms with Crippen LogP contribution in [-0.2, 0) is 0 Å². The number of hydrogen-bond donors (Lipinski definition) is 0. The molecule has 12 heavy (non-hydrogen) atoms. The fourth-order valence-corrected chi connectivity index (χ4v) is 1.41. The summed E-state index contributed by atoms with van der Waals surface area (Å²) in [6, 6.07) is 1.86. The van der Waals surface area contributed by atoms with Crippen LogP contribution in [0.1, 0.15) is 0 Å². The Labute approximate surface area is 77.6 Å². The molecule has 3 nitrogen and oxygen atoms in total. The molecule has 2 aromatic rings. The van der Waals surface area contributed by atoms with Crippen molar-refractivity contribution >= 4 is 15.9 Å². The number of aromatic nitrogens is 2. The lowest BCUT2D eigenvalue weighted by Crippen LogP contribution is -1.79. The number of halogens is 1. The highest BCUT2D eigenvalue weighted by Crippen LogP contribution is 2.27. The van der Waals surface area contributed by atoms with Gasteiger partial charge in [0.1, 0.15) is 6.33 Å². The molecule has 0 N–H and O–H groups in total. The third-order valence-corrected chi connectivity index (χ3v) is 2.10. The maximum Gasteiger partial charge on any atom is 0.176 e. The van der Waals surface area contributed by atoms with E-state index in [-0.39, 0.29) is 0 Å². The predicted octanol–water partition coefficient (Wildman–Crippen LogP) is 2.50. The molecule has 0 aliphatic carbocycles. The van der Waals surface area contributed by atoms with Crippen molar-refractivity contribution in [2.45, 2.75) is 0 Å². The van der Waals surface area contributed by atoms with E-state index in [4.69, 9.17) is 4.42 Å². The van der Waals surface area contributed by atoms with Crippen molar-refractivity contribution in [3.8, 4) is 11.1 Å². The van der Waals surface area contributed by atoms with Gasteiger partial charge in [-0.25, -0.2) is 9.97 Å². The molecule has 4 heteroatoms. The zero-order valence-electron chi connectivity index (χ0n) is 6.07. The fraction of sp³-hybridized carbons (Fsp3) is 0. The summed E-state index contributed by atoms with van der Waals surface area (Å²) in [7, 11) is 0. The standard InChI is InChI=1S/C8H5BrN2O/c9-8-7(1-2-12-8)6-3-10-5-11-4-6/h1-5H. The maximum atomic E-state index is 5.08. The van der Waals surface area contributed by atoms with Crippen LogP contribution in [0.25, 0.3) is 11.1 Å². The van der Waals surface area contributed by atoms with Crippen molar-refractivity contribution in [1.82, 2.24) is 9.97 Å². The smallest absolute Gasteiger partial charge is 0.176 e. The quantitative estimate of drug-likeness (QED) is 0.748. The molecule has 0 amide bonds. The van der Waals surface area contributed by atoms with Crippen LogP contribution in [-0.4, -0.2) is 9.97 Å². The highest BCUT2D eigenvalue weighted by molar-refractivity contribution is 9.10. The zero-order chi connectivity index (χ0) is 8.39. The molecule has 0 spiro atoms. The first-order valence-electron chi connectivity index (χ1n) is 3.36. The predicted molar refractivity (Wildman–Crippen MR) is 47.4 cm³/mol. The lowest BCUT2D eigenvalue weighted by molar-refractivity contribution is 0.542. The fourth-order valence-electron chi connectivity index (χ4n) is 0.939. The largest absolute Gasteiger partial charge is 0.457 e. The molecule has 0 fully saturated rings. The monoisotopic (exact) mass is 224 g/mol. The van der Waals surface area contributed by atoms with Crippen LogP contribution in [0.3, 0.4) is 0 Å². The Morgan fingerprint density at radius 3 is 2.58 bits per heavy atom. The molecule has 2 heterocycles. The van der Waals surface area contributed by atoms with Crippen LogP contribution < -0.4 is 0 Å². The Morgan fingerprint density at radius 2 is 2.00 bits per heavy atom. The van der Waals surface area contributed by atoms with E-state index >= 15 is 0 Å². The molecule has 0 aliphatic heterocycles. The third kappa shape index (κ3) is 1.25. The number of nitrogens with zero attached hydrogens (tertiary/aromatic N) is 2. The topological polar surface area (TPSA) is 38.9 Å². The van der Waals surface area contributed by atoms with Gasteiger partial charge in [-0.2, -0.15) is 0 Å². The molecule has 0 aliphatic rings. The van der Waals surface area contributed by atoms with E-state index in [2.05, 4.69) is 25.9 Å². The van der Waals surface area contributed by atoms with Crippen molar-refractivity contribution in [3.63, 3.8) is 0 Å². The van der Waals surface area contributed by atoms with Crippen LogP contribution in [0.2, 0.25) is 0 Å². The third-order valence-electron chi connectivity index (χ3n) is 1.49. The van der Waals surface area contributed by atoms with E-state index in [9.17, 15) is 0 Å². The minimum atomic E-state index is 0.706. The molecule has 0 bridgehead atoms. The summed E-state index contributed by atoms with van der Waals surface area (Å²) in [5.41, 5.74) is 1.91. The van der Waals surface area contributed by atoms with Crippen molar-refractivity contribution in [1.29, 1.82) is 0 Å². The molecule has 0 atom stereocenters. The SMILES string of the molecule is Brc1occc1-c1cncnc1. The zero-order valence-corrected chi connectivity index (χ0v) is 7.65. The van der Waals surface area contributed by atoms with Gasteiger partial charge in [0.2, 0.25) is 0 Å². The van der Waals surface area contributed by atoms with Gasteiger partial charge in [0.15, 0.2) is 4.67 Å². The van der Waals surface area contributed by atoms with Gasteiger partial charge in [0, 0.05) is 23.5 Å². The first-order valence-corrected chi connectivity index (χ1v) is 4.15. The Morgan fingerprint density at radius 1 is 1.25 bits per heavy atom. The Balaban J connectivity index is 2.51. The van der Waals surface area contributed by atoms with Gasteiger partial charge >= 0.3 is 0 Å². The summed E-state index contributed by atoms with van der Waals surface area (Å²) in [6.07, 6.45) is 6.59. The van der Waals surface area contributed by atoms with Gasteiger partial charge < -0.3 is 4.42 Å². The molecule has 0 saturated heterocycles. The molecular weight excluding hydrogens is 220 g/mol. The van der Waals surface area contributed by atoms with Crippen LogP contribution >= 0.6 is 15.9 Å². The molecule has 2 aromatic heterocycles. The van der Waals surface area contributed by atoms with Crippen LogP contribution in [0.5, 0.6) is 0 Å². The average molecular weight is 225 g/mol. The molecule has 0 aromatic carbocycles. The Bertz CT molecular complexity index is 372. The highest BCUT2D eigenvalue weighted by Gasteiger charge is 2.04. The van der Waals surface area contributed by atoms with E-state index < -0.39 is 0 Å². The Hall–Kier alpha value is -1.16. The molecule has 2 rings (SSSR count). The van der Waals surface area contributed by atoms with Crippen LogP contribution in [0, 0.1) is 0 Å². The summed E-state index contributed by atoms with van der Waals surface area (Å²) >= 11 is 3.28. The number of hydrogen-bond acceptors (Lipinski definition) is 3. The van der Waals surface area contributed by atoms with Gasteiger partial charge in [-0.1, -0.05) is 0 Å². The van der Waals surface area contributed by atoms with E-state index in [0.717, 1.165) is 11.1 Å². The Kier molecular flexibility index (Phi) is 1.91. The van der Waals surface area contributed by atoms with Gasteiger partial charge in [-0.15, -0.1) is 0 Å². The van der Waals surface area contributed by atoms with Crippen LogP contribution in [0.15, 0.2) is 40.1 Å². The van der Waals surface area contributed by atoms with E-state index in [1.165, 1.54) is 6.33 Å². The number of rotatable bonds is 1. The molecule has 60 valence electrons. The lowest BCUT2D eigenvalue weighted by atomic mass is 10.2. The van der Waals surface area contributed by atoms with Gasteiger partial charge in [-0.3, -0.25) is 0 Å². The first kappa shape index (κ1) is 7.49. The summed E-state index contributed by atoms with van der Waals surface area (Å²) in [4.78, 5) is 7.82. The summed E-state index contributed by atoms with van der Waals surface area (Å²) in [6.45, 7) is 0. The average Bonchev–Trinajstić information content (AvgIpc) is 2.53. The van der Waals surface area contributed by atoms with Gasteiger partial charge in [-0.05, 0) is 22.0 Å². The lowest BCUT2D eigenvalue weighted by Gasteiger charge is -1.93. The maximum absolute atomic E-state index is 5.08. The second-order valence-electron chi connectivity index (χ2n) is 2.24. The molecular formula is C8H5BrN2O. The second-order valence-corrected chi connectivity index (χ2v) is 2.96. The van der Waals surface area contributed by atoms with Crippen molar-refractivity contribution in [2.24, 2.45) is 0 Å².